The van der Waals surface area contributed by atoms with Crippen LogP contribution in [-0.4, -0.2) is 93.4 Å². The smallest absolute Gasteiger partial charge is 0.409 e. The predicted molar refractivity (Wildman–Crippen MR) is 109 cm³/mol. The van der Waals surface area contributed by atoms with E-state index in [1.807, 2.05) is 0 Å². The number of benzene rings is 1. The third-order valence-electron chi connectivity index (χ3n) is 5.56. The highest BCUT2D eigenvalue weighted by atomic mass is 19.1. The average Bonchev–Trinajstić information content (AvgIpc) is 2.69. The number of anilines is 1. The second kappa shape index (κ2) is 9.09. The summed E-state index contributed by atoms with van der Waals surface area (Å²) in [5.74, 6) is -0.231. The standard InChI is InChI=1S/C21H33FN4O2/c1-21(2,16-24-10-8-23(3)9-11-24)17-28-20(27)26-14-12-25(13-15-26)19-6-4-18(22)5-7-19/h4-7H,8-17H2,1-3H3. The highest BCUT2D eigenvalue weighted by Crippen LogP contribution is 2.20. The van der Waals surface area contributed by atoms with Crippen molar-refractivity contribution in [2.45, 2.75) is 13.8 Å². The molecule has 2 aliphatic rings. The van der Waals surface area contributed by atoms with Gasteiger partial charge < -0.3 is 24.3 Å². The Morgan fingerprint density at radius 1 is 1.00 bits per heavy atom. The Morgan fingerprint density at radius 3 is 2.21 bits per heavy atom. The first-order valence-electron chi connectivity index (χ1n) is 10.2. The molecule has 1 amide bonds. The number of likely N-dealkylation sites (N-methyl/N-ethyl adjacent to an activating group) is 1. The van der Waals surface area contributed by atoms with E-state index in [-0.39, 0.29) is 17.3 Å². The summed E-state index contributed by atoms with van der Waals surface area (Å²) >= 11 is 0. The number of hydrogen-bond donors (Lipinski definition) is 0. The molecule has 6 nitrogen and oxygen atoms in total. The van der Waals surface area contributed by atoms with Crippen LogP contribution < -0.4 is 4.90 Å². The van der Waals surface area contributed by atoms with E-state index in [0.717, 1.165) is 51.5 Å². The lowest BCUT2D eigenvalue weighted by molar-refractivity contribution is 0.0397. The summed E-state index contributed by atoms with van der Waals surface area (Å²) in [6.07, 6.45) is -0.231. The van der Waals surface area contributed by atoms with Crippen molar-refractivity contribution in [2.24, 2.45) is 5.41 Å². The van der Waals surface area contributed by atoms with E-state index in [9.17, 15) is 9.18 Å². The number of rotatable bonds is 5. The van der Waals surface area contributed by atoms with E-state index in [1.54, 1.807) is 17.0 Å². The van der Waals surface area contributed by atoms with Crippen molar-refractivity contribution in [2.75, 3.05) is 77.5 Å². The van der Waals surface area contributed by atoms with Crippen LogP contribution in [0, 0.1) is 11.2 Å². The van der Waals surface area contributed by atoms with Crippen LogP contribution in [0.5, 0.6) is 0 Å². The van der Waals surface area contributed by atoms with Crippen molar-refractivity contribution >= 4 is 11.8 Å². The first-order valence-corrected chi connectivity index (χ1v) is 10.2. The molecule has 2 saturated heterocycles. The molecule has 2 heterocycles. The molecule has 0 bridgehead atoms. The Bertz CT molecular complexity index is 636. The molecule has 156 valence electrons. The fourth-order valence-electron chi connectivity index (χ4n) is 3.80. The van der Waals surface area contributed by atoms with Crippen LogP contribution in [0.25, 0.3) is 0 Å². The summed E-state index contributed by atoms with van der Waals surface area (Å²) in [6.45, 7) is 12.7. The minimum Gasteiger partial charge on any atom is -0.449 e. The number of halogens is 1. The topological polar surface area (TPSA) is 39.3 Å². The zero-order valence-corrected chi connectivity index (χ0v) is 17.4. The molecule has 0 saturated carbocycles. The summed E-state index contributed by atoms with van der Waals surface area (Å²) < 4.78 is 18.7. The van der Waals surface area contributed by atoms with E-state index in [4.69, 9.17) is 4.74 Å². The fourth-order valence-corrected chi connectivity index (χ4v) is 3.80. The van der Waals surface area contributed by atoms with E-state index in [0.29, 0.717) is 19.7 Å². The van der Waals surface area contributed by atoms with Crippen LogP contribution in [0.2, 0.25) is 0 Å². The Balaban J connectivity index is 1.40. The van der Waals surface area contributed by atoms with Gasteiger partial charge in [0.25, 0.3) is 0 Å². The lowest BCUT2D eigenvalue weighted by Crippen LogP contribution is -2.50. The zero-order chi connectivity index (χ0) is 20.1. The molecule has 2 fully saturated rings. The van der Waals surface area contributed by atoms with Crippen molar-refractivity contribution in [3.63, 3.8) is 0 Å². The zero-order valence-electron chi connectivity index (χ0n) is 17.4. The molecule has 1 aromatic carbocycles. The van der Waals surface area contributed by atoms with Crippen LogP contribution in [0.3, 0.4) is 0 Å². The Morgan fingerprint density at radius 2 is 1.61 bits per heavy atom. The largest absolute Gasteiger partial charge is 0.449 e. The minimum absolute atomic E-state index is 0.0680. The number of nitrogens with zero attached hydrogens (tertiary/aromatic N) is 4. The van der Waals surface area contributed by atoms with E-state index < -0.39 is 0 Å². The number of carbonyl (C=O) groups excluding carboxylic acids is 1. The van der Waals surface area contributed by atoms with Gasteiger partial charge in [-0.1, -0.05) is 13.8 Å². The summed E-state index contributed by atoms with van der Waals surface area (Å²) in [6, 6.07) is 6.51. The first-order chi connectivity index (χ1) is 13.3. The monoisotopic (exact) mass is 392 g/mol. The van der Waals surface area contributed by atoms with Crippen LogP contribution in [0.1, 0.15) is 13.8 Å². The van der Waals surface area contributed by atoms with Crippen LogP contribution in [-0.2, 0) is 4.74 Å². The Labute approximate surface area is 167 Å². The second-order valence-corrected chi connectivity index (χ2v) is 8.75. The Hall–Kier alpha value is -1.86. The predicted octanol–water partition coefficient (Wildman–Crippen LogP) is 2.36. The van der Waals surface area contributed by atoms with Gasteiger partial charge in [0.15, 0.2) is 0 Å². The molecule has 0 aromatic heterocycles. The molecule has 3 rings (SSSR count). The molecule has 28 heavy (non-hydrogen) atoms. The number of piperazine rings is 2. The highest BCUT2D eigenvalue weighted by molar-refractivity contribution is 5.68. The fraction of sp³-hybridized carbons (Fsp3) is 0.667. The van der Waals surface area contributed by atoms with Crippen molar-refractivity contribution in [3.8, 4) is 0 Å². The molecule has 0 unspecified atom stereocenters. The van der Waals surface area contributed by atoms with Gasteiger partial charge in [-0.05, 0) is 31.3 Å². The molecule has 7 heteroatoms. The Kier molecular flexibility index (Phi) is 6.78. The maximum Gasteiger partial charge on any atom is 0.409 e. The van der Waals surface area contributed by atoms with Crippen molar-refractivity contribution in [1.82, 2.24) is 14.7 Å². The van der Waals surface area contributed by atoms with Gasteiger partial charge >= 0.3 is 6.09 Å². The minimum atomic E-state index is -0.231. The van der Waals surface area contributed by atoms with E-state index >= 15 is 0 Å². The summed E-state index contributed by atoms with van der Waals surface area (Å²) in [5.41, 5.74) is 0.921. The normalized spacial score (nSPS) is 19.7. The van der Waals surface area contributed by atoms with E-state index in [1.165, 1.54) is 12.1 Å². The SMILES string of the molecule is CN1CCN(CC(C)(C)COC(=O)N2CCN(c3ccc(F)cc3)CC2)CC1. The lowest BCUT2D eigenvalue weighted by Gasteiger charge is -2.38. The molecular weight excluding hydrogens is 359 g/mol. The van der Waals surface area contributed by atoms with Crippen LogP contribution >= 0.6 is 0 Å². The maximum absolute atomic E-state index is 13.1. The molecule has 0 spiro atoms. The van der Waals surface area contributed by atoms with Gasteiger partial charge in [0.05, 0.1) is 6.61 Å². The molecule has 1 aromatic rings. The lowest BCUT2D eigenvalue weighted by atomic mass is 9.93. The quantitative estimate of drug-likeness (QED) is 0.769. The van der Waals surface area contributed by atoms with Crippen molar-refractivity contribution in [1.29, 1.82) is 0 Å². The third kappa shape index (κ3) is 5.82. The first kappa shape index (κ1) is 20.9. The van der Waals surface area contributed by atoms with Crippen molar-refractivity contribution in [3.05, 3.63) is 30.1 Å². The molecule has 0 atom stereocenters. The molecule has 0 aliphatic carbocycles. The van der Waals surface area contributed by atoms with Gasteiger partial charge in [-0.3, -0.25) is 0 Å². The summed E-state index contributed by atoms with van der Waals surface area (Å²) in [7, 11) is 2.15. The van der Waals surface area contributed by atoms with Gasteiger partial charge in [-0.2, -0.15) is 0 Å². The van der Waals surface area contributed by atoms with E-state index in [2.05, 4.69) is 35.6 Å². The number of carbonyl (C=O) groups is 1. The van der Waals surface area contributed by atoms with Gasteiger partial charge in [0.2, 0.25) is 0 Å². The second-order valence-electron chi connectivity index (χ2n) is 8.75. The van der Waals surface area contributed by atoms with Gasteiger partial charge in [0.1, 0.15) is 5.82 Å². The molecule has 0 radical (unpaired) electrons. The highest BCUT2D eigenvalue weighted by Gasteiger charge is 2.28. The van der Waals surface area contributed by atoms with Crippen LogP contribution in [0.15, 0.2) is 24.3 Å². The summed E-state index contributed by atoms with van der Waals surface area (Å²) in [4.78, 5) is 21.2. The summed E-state index contributed by atoms with van der Waals surface area (Å²) in [5, 5.41) is 0. The van der Waals surface area contributed by atoms with Gasteiger partial charge in [0, 0.05) is 70.0 Å². The number of hydrogen-bond acceptors (Lipinski definition) is 5. The average molecular weight is 393 g/mol. The van der Waals surface area contributed by atoms with Gasteiger partial charge in [-0.15, -0.1) is 0 Å². The van der Waals surface area contributed by atoms with Crippen LogP contribution in [0.4, 0.5) is 14.9 Å². The number of amides is 1. The third-order valence-corrected chi connectivity index (χ3v) is 5.56. The number of ether oxygens (including phenoxy) is 1. The molecular formula is C21H33FN4O2. The van der Waals surface area contributed by atoms with Gasteiger partial charge in [-0.25, -0.2) is 9.18 Å². The maximum atomic E-state index is 13.1. The van der Waals surface area contributed by atoms with Crippen molar-refractivity contribution < 1.29 is 13.9 Å². The molecule has 2 aliphatic heterocycles. The molecule has 0 N–H and O–H groups in total.